The Balaban J connectivity index is 1.84. The lowest BCUT2D eigenvalue weighted by Crippen LogP contribution is -2.21. The summed E-state index contributed by atoms with van der Waals surface area (Å²) < 4.78 is 5.80. The van der Waals surface area contributed by atoms with Crippen molar-refractivity contribution < 1.29 is 14.3 Å². The van der Waals surface area contributed by atoms with Gasteiger partial charge in [0.25, 0.3) is 0 Å². The summed E-state index contributed by atoms with van der Waals surface area (Å²) >= 11 is 13.5. The zero-order chi connectivity index (χ0) is 15.0. The molecule has 1 aromatic heterocycles. The van der Waals surface area contributed by atoms with Crippen LogP contribution in [0.5, 0.6) is 0 Å². The van der Waals surface area contributed by atoms with Crippen molar-refractivity contribution in [2.45, 2.75) is 10.6 Å². The van der Waals surface area contributed by atoms with Gasteiger partial charge < -0.3 is 9.52 Å². The fourth-order valence-electron chi connectivity index (χ4n) is 2.12. The van der Waals surface area contributed by atoms with Gasteiger partial charge in [-0.05, 0) is 24.3 Å². The number of furan rings is 1. The zero-order valence-electron chi connectivity index (χ0n) is 10.7. The van der Waals surface area contributed by atoms with Crippen LogP contribution < -0.4 is 5.32 Å². The normalized spacial score (nSPS) is 21.6. The molecule has 0 aliphatic carbocycles. The van der Waals surface area contributed by atoms with Crippen molar-refractivity contribution in [2.24, 2.45) is 0 Å². The van der Waals surface area contributed by atoms with Crippen molar-refractivity contribution in [1.82, 2.24) is 5.32 Å². The van der Waals surface area contributed by atoms with Gasteiger partial charge in [-0.25, -0.2) is 0 Å². The first-order valence-electron chi connectivity index (χ1n) is 6.22. The monoisotopic (exact) mass is 343 g/mol. The first-order chi connectivity index (χ1) is 10.1. The van der Waals surface area contributed by atoms with Crippen molar-refractivity contribution in [3.63, 3.8) is 0 Å². The molecule has 7 heteroatoms. The van der Waals surface area contributed by atoms with Gasteiger partial charge in [0.1, 0.15) is 22.1 Å². The van der Waals surface area contributed by atoms with Crippen molar-refractivity contribution in [1.29, 1.82) is 0 Å². The molecule has 0 radical (unpaired) electrons. The highest BCUT2D eigenvalue weighted by Gasteiger charge is 2.32. The summed E-state index contributed by atoms with van der Waals surface area (Å²) in [6, 6.07) is 8.97. The van der Waals surface area contributed by atoms with Crippen molar-refractivity contribution >= 4 is 40.9 Å². The van der Waals surface area contributed by atoms with Gasteiger partial charge in [0, 0.05) is 12.1 Å². The van der Waals surface area contributed by atoms with Crippen LogP contribution in [0.4, 0.5) is 0 Å². The van der Waals surface area contributed by atoms with Gasteiger partial charge >= 0.3 is 5.97 Å². The fraction of sp³-hybridized carbons (Fsp3) is 0.214. The Labute approximate surface area is 135 Å². The highest BCUT2D eigenvalue weighted by molar-refractivity contribution is 8.01. The largest absolute Gasteiger partial charge is 0.480 e. The van der Waals surface area contributed by atoms with E-state index in [0.717, 1.165) is 0 Å². The number of rotatable bonds is 3. The molecular weight excluding hydrogens is 333 g/mol. The van der Waals surface area contributed by atoms with Gasteiger partial charge in [-0.3, -0.25) is 10.1 Å². The second-order valence-electron chi connectivity index (χ2n) is 4.55. The second kappa shape index (κ2) is 5.93. The molecule has 0 amide bonds. The molecule has 2 atom stereocenters. The SMILES string of the molecule is O=C(O)[C@@H]1CN[C@@H](c2ccc(-c3cccc(Cl)c3Cl)o2)S1. The lowest BCUT2D eigenvalue weighted by Gasteiger charge is -2.06. The highest BCUT2D eigenvalue weighted by atomic mass is 35.5. The van der Waals surface area contributed by atoms with Crippen molar-refractivity contribution in [3.05, 3.63) is 46.1 Å². The average molecular weight is 344 g/mol. The maximum Gasteiger partial charge on any atom is 0.318 e. The van der Waals surface area contributed by atoms with Crippen LogP contribution in [0.3, 0.4) is 0 Å². The molecule has 2 heterocycles. The number of hydrogen-bond donors (Lipinski definition) is 2. The molecule has 0 bridgehead atoms. The molecule has 3 rings (SSSR count). The Bertz CT molecular complexity index is 689. The highest BCUT2D eigenvalue weighted by Crippen LogP contribution is 2.39. The van der Waals surface area contributed by atoms with Crippen LogP contribution in [0.2, 0.25) is 10.0 Å². The van der Waals surface area contributed by atoms with E-state index in [1.165, 1.54) is 11.8 Å². The number of hydrogen-bond acceptors (Lipinski definition) is 4. The standard InChI is InChI=1S/C14H11Cl2NO3S/c15-8-3-1-2-7(12(8)16)9-4-5-10(20-9)13-17-6-11(21-13)14(18)19/h1-5,11,13,17H,6H2,(H,18,19)/t11-,13+/m0/s1. The number of carboxylic acids is 1. The van der Waals surface area contributed by atoms with Crippen LogP contribution in [0, 0.1) is 0 Å². The lowest BCUT2D eigenvalue weighted by molar-refractivity contribution is -0.136. The summed E-state index contributed by atoms with van der Waals surface area (Å²) in [5.41, 5.74) is 0.716. The molecule has 2 N–H and O–H groups in total. The average Bonchev–Trinajstić information content (AvgIpc) is 3.09. The van der Waals surface area contributed by atoms with Crippen LogP contribution >= 0.6 is 35.0 Å². The third-order valence-corrected chi connectivity index (χ3v) is 5.35. The summed E-state index contributed by atoms with van der Waals surface area (Å²) in [4.78, 5) is 11.0. The van der Waals surface area contributed by atoms with E-state index >= 15 is 0 Å². The van der Waals surface area contributed by atoms with E-state index in [0.29, 0.717) is 33.7 Å². The van der Waals surface area contributed by atoms with Gasteiger partial charge in [-0.1, -0.05) is 29.3 Å². The third kappa shape index (κ3) is 2.92. The van der Waals surface area contributed by atoms with E-state index in [1.807, 2.05) is 18.2 Å². The molecule has 1 aromatic carbocycles. The van der Waals surface area contributed by atoms with E-state index in [2.05, 4.69) is 5.32 Å². The minimum atomic E-state index is -0.820. The van der Waals surface area contributed by atoms with Crippen LogP contribution in [-0.2, 0) is 4.79 Å². The van der Waals surface area contributed by atoms with Crippen LogP contribution in [0.25, 0.3) is 11.3 Å². The van der Waals surface area contributed by atoms with E-state index < -0.39 is 11.2 Å². The van der Waals surface area contributed by atoms with Crippen LogP contribution in [0.15, 0.2) is 34.7 Å². The van der Waals surface area contributed by atoms with Gasteiger partial charge in [0.2, 0.25) is 0 Å². The fourth-order valence-corrected chi connectivity index (χ4v) is 3.60. The minimum Gasteiger partial charge on any atom is -0.480 e. The Morgan fingerprint density at radius 3 is 2.86 bits per heavy atom. The number of aliphatic carboxylic acids is 1. The Hall–Kier alpha value is -1.14. The van der Waals surface area contributed by atoms with Crippen molar-refractivity contribution in [2.75, 3.05) is 6.54 Å². The van der Waals surface area contributed by atoms with E-state index in [9.17, 15) is 4.79 Å². The number of carbonyl (C=O) groups is 1. The molecule has 110 valence electrons. The molecule has 0 spiro atoms. The summed E-state index contributed by atoms with van der Waals surface area (Å²) in [6.45, 7) is 0.415. The molecule has 4 nitrogen and oxygen atoms in total. The number of halogens is 2. The lowest BCUT2D eigenvalue weighted by atomic mass is 10.2. The molecule has 1 saturated heterocycles. The maximum absolute atomic E-state index is 11.0. The summed E-state index contributed by atoms with van der Waals surface area (Å²) in [5.74, 6) is 0.466. The van der Waals surface area contributed by atoms with E-state index in [-0.39, 0.29) is 5.37 Å². The zero-order valence-corrected chi connectivity index (χ0v) is 13.0. The number of carboxylic acid groups (broad SMARTS) is 1. The van der Waals surface area contributed by atoms with Gasteiger partial charge in [-0.2, -0.15) is 0 Å². The van der Waals surface area contributed by atoms with Gasteiger partial charge in [-0.15, -0.1) is 11.8 Å². The summed E-state index contributed by atoms with van der Waals surface area (Å²) in [5, 5.41) is 12.4. The Morgan fingerprint density at radius 2 is 2.14 bits per heavy atom. The van der Waals surface area contributed by atoms with Gasteiger partial charge in [0.05, 0.1) is 10.0 Å². The predicted octanol–water partition coefficient (Wildman–Crippen LogP) is 4.04. The molecule has 0 unspecified atom stereocenters. The van der Waals surface area contributed by atoms with E-state index in [4.69, 9.17) is 32.7 Å². The van der Waals surface area contributed by atoms with Gasteiger partial charge in [0.15, 0.2) is 0 Å². The van der Waals surface area contributed by atoms with E-state index in [1.54, 1.807) is 12.1 Å². The smallest absolute Gasteiger partial charge is 0.318 e. The third-order valence-electron chi connectivity index (χ3n) is 3.17. The molecule has 0 saturated carbocycles. The topological polar surface area (TPSA) is 62.5 Å². The van der Waals surface area contributed by atoms with Crippen LogP contribution in [-0.4, -0.2) is 22.9 Å². The number of nitrogens with one attached hydrogen (secondary N) is 1. The number of benzene rings is 1. The first-order valence-corrected chi connectivity index (χ1v) is 7.92. The minimum absolute atomic E-state index is 0.169. The Kier molecular flexibility index (Phi) is 4.17. The second-order valence-corrected chi connectivity index (χ2v) is 6.65. The molecule has 1 aliphatic heterocycles. The number of thioether (sulfide) groups is 1. The summed E-state index contributed by atoms with van der Waals surface area (Å²) in [7, 11) is 0. The first kappa shape index (κ1) is 14.8. The summed E-state index contributed by atoms with van der Waals surface area (Å²) in [6.07, 6.45) is 0. The predicted molar refractivity (Wildman–Crippen MR) is 83.9 cm³/mol. The molecular formula is C14H11Cl2NO3S. The van der Waals surface area contributed by atoms with Crippen LogP contribution in [0.1, 0.15) is 11.1 Å². The molecule has 1 aliphatic rings. The maximum atomic E-state index is 11.0. The van der Waals surface area contributed by atoms with Crippen molar-refractivity contribution in [3.8, 4) is 11.3 Å². The quantitative estimate of drug-likeness (QED) is 0.880. The Morgan fingerprint density at radius 1 is 1.33 bits per heavy atom. The molecule has 1 fully saturated rings. The molecule has 2 aromatic rings. The molecule has 21 heavy (non-hydrogen) atoms.